The van der Waals surface area contributed by atoms with Crippen LogP contribution >= 0.6 is 20.2 Å². The van der Waals surface area contributed by atoms with Crippen molar-refractivity contribution in [3.05, 3.63) is 0 Å². The number of thioether (sulfide) groups is 1. The molecule has 0 aromatic rings. The Balaban J connectivity index is 5.71. The van der Waals surface area contributed by atoms with Gasteiger partial charge in [0.15, 0.2) is 31.4 Å². The average Bonchev–Trinajstić information content (AvgIpc) is 2.93. The van der Waals surface area contributed by atoms with Gasteiger partial charge >= 0.3 is 0 Å². The van der Waals surface area contributed by atoms with Crippen molar-refractivity contribution >= 4 is 42.1 Å². The van der Waals surface area contributed by atoms with E-state index in [1.54, 1.807) is 0 Å². The van der Waals surface area contributed by atoms with Crippen LogP contribution in [0.4, 0.5) is 4.79 Å². The van der Waals surface area contributed by atoms with E-state index >= 15 is 0 Å². The highest BCUT2D eigenvalue weighted by Gasteiger charge is 2.44. The van der Waals surface area contributed by atoms with Crippen molar-refractivity contribution in [3.63, 3.8) is 0 Å². The van der Waals surface area contributed by atoms with E-state index in [-0.39, 0.29) is 15.3 Å². The molecule has 9 nitrogen and oxygen atoms in total. The molecule has 49 heavy (non-hydrogen) atoms. The summed E-state index contributed by atoms with van der Waals surface area (Å²) in [7, 11) is -5.16. The topological polar surface area (TPSA) is 81.7 Å². The fourth-order valence-electron chi connectivity index (χ4n) is 4.74. The molecule has 0 radical (unpaired) electrons. The highest BCUT2D eigenvalue weighted by Crippen LogP contribution is 2.51. The zero-order valence-corrected chi connectivity index (χ0v) is 39.2. The van der Waals surface area contributed by atoms with Gasteiger partial charge in [0, 0.05) is 36.5 Å². The smallest absolute Gasteiger partial charge is 0.279 e. The summed E-state index contributed by atoms with van der Waals surface area (Å²) in [6, 6.07) is 1.29. The van der Waals surface area contributed by atoms with Gasteiger partial charge in [-0.15, -0.1) is 0 Å². The molecule has 0 aromatic carbocycles. The summed E-state index contributed by atoms with van der Waals surface area (Å²) in [5.74, 6) is 0.490. The lowest BCUT2D eigenvalue weighted by Crippen LogP contribution is -2.58. The molecule has 0 heterocycles. The maximum absolute atomic E-state index is 13.5. The van der Waals surface area contributed by atoms with Crippen LogP contribution in [0.5, 0.6) is 0 Å². The Bertz CT molecular complexity index is 879. The van der Waals surface area contributed by atoms with Crippen molar-refractivity contribution in [1.29, 1.82) is 0 Å². The molecule has 0 aliphatic rings. The highest BCUT2D eigenvalue weighted by molar-refractivity contribution is 8.13. The summed E-state index contributed by atoms with van der Waals surface area (Å²) < 4.78 is 37.2. The molecular weight excluding hydrogens is 690 g/mol. The number of ether oxygens (including phenoxy) is 2. The second-order valence-electron chi connectivity index (χ2n) is 17.4. The summed E-state index contributed by atoms with van der Waals surface area (Å²) in [4.78, 5) is 13.5. The number of nitrogens with one attached hydrogen (secondary N) is 1. The van der Waals surface area contributed by atoms with E-state index in [4.69, 9.17) is 22.8 Å². The molecule has 0 aliphatic carbocycles. The Labute approximate surface area is 311 Å². The van der Waals surface area contributed by atoms with Crippen LogP contribution in [-0.4, -0.2) is 106 Å². The second kappa shape index (κ2) is 21.3. The van der Waals surface area contributed by atoms with E-state index < -0.39 is 36.9 Å². The monoisotopic (exact) mass is 770 g/mol. The molecule has 1 amide bonds. The fraction of sp³-hybridized carbons (Fsp3) is 0.972. The van der Waals surface area contributed by atoms with Crippen LogP contribution < -0.4 is 5.32 Å². The second-order valence-corrected chi connectivity index (χ2v) is 29.8. The first kappa shape index (κ1) is 49.4. The Morgan fingerprint density at radius 1 is 0.735 bits per heavy atom. The number of amides is 1. The van der Waals surface area contributed by atoms with E-state index in [9.17, 15) is 4.79 Å². The van der Waals surface area contributed by atoms with E-state index in [0.29, 0.717) is 69.4 Å². The standard InChI is InChI=1S/C36H80N3O6PSSi2/c1-21-36(26-44-48(17,18)34(11,12)13,27-45-49(19,20)35(14,15)16)37-33(40)47-24-23-42-32(41-22-2)25-43-46(38(28(3)4)29(5)6)39(30(7)8)31(9)10/h28-32H,21-27H2,1-20H3,(H,37,40). The molecule has 0 aromatic heterocycles. The van der Waals surface area contributed by atoms with Crippen LogP contribution in [0.2, 0.25) is 36.3 Å². The lowest BCUT2D eigenvalue weighted by molar-refractivity contribution is -0.152. The average molecular weight is 770 g/mol. The largest absolute Gasteiger partial charge is 0.414 e. The molecule has 294 valence electrons. The molecule has 0 rings (SSSR count). The maximum atomic E-state index is 13.5. The molecule has 1 N–H and O–H groups in total. The molecule has 0 spiro atoms. The Kier molecular flexibility index (Phi) is 21.5. The van der Waals surface area contributed by atoms with Gasteiger partial charge in [-0.2, -0.15) is 0 Å². The molecule has 1 unspecified atom stereocenters. The third-order valence-corrected chi connectivity index (χ3v) is 22.6. The van der Waals surface area contributed by atoms with Gasteiger partial charge in [-0.3, -0.25) is 4.79 Å². The van der Waals surface area contributed by atoms with Gasteiger partial charge in [-0.1, -0.05) is 60.2 Å². The van der Waals surface area contributed by atoms with Crippen molar-refractivity contribution in [1.82, 2.24) is 14.7 Å². The van der Waals surface area contributed by atoms with Crippen molar-refractivity contribution in [2.24, 2.45) is 0 Å². The third kappa shape index (κ3) is 16.5. The van der Waals surface area contributed by atoms with E-state index in [0.717, 1.165) is 0 Å². The first-order chi connectivity index (χ1) is 22.2. The molecular formula is C36H80N3O6PSSi2. The number of hydrogen-bond donors (Lipinski definition) is 1. The number of nitrogens with zero attached hydrogens (tertiary/aromatic N) is 2. The van der Waals surface area contributed by atoms with Gasteiger partial charge in [-0.25, -0.2) is 9.34 Å². The van der Waals surface area contributed by atoms with Crippen molar-refractivity contribution in [2.75, 3.05) is 38.8 Å². The molecule has 0 aliphatic heterocycles. The normalized spacial score (nSPS) is 14.8. The molecule has 0 bridgehead atoms. The fourth-order valence-corrected chi connectivity index (χ4v) is 9.87. The quantitative estimate of drug-likeness (QED) is 0.0473. The predicted octanol–water partition coefficient (Wildman–Crippen LogP) is 10.5. The Morgan fingerprint density at radius 3 is 1.47 bits per heavy atom. The van der Waals surface area contributed by atoms with E-state index in [1.165, 1.54) is 11.8 Å². The van der Waals surface area contributed by atoms with Gasteiger partial charge in [-0.05, 0) is 105 Å². The zero-order chi connectivity index (χ0) is 38.6. The van der Waals surface area contributed by atoms with Crippen molar-refractivity contribution in [2.45, 2.75) is 189 Å². The van der Waals surface area contributed by atoms with E-state index in [2.05, 4.69) is 145 Å². The third-order valence-electron chi connectivity index (χ3n) is 9.89. The van der Waals surface area contributed by atoms with Crippen LogP contribution in [-0.2, 0) is 22.8 Å². The van der Waals surface area contributed by atoms with Crippen LogP contribution in [0.15, 0.2) is 0 Å². The molecule has 1 atom stereocenters. The van der Waals surface area contributed by atoms with Gasteiger partial charge in [0.1, 0.15) is 6.61 Å². The summed E-state index contributed by atoms with van der Waals surface area (Å²) in [5, 5.41) is 3.38. The van der Waals surface area contributed by atoms with Gasteiger partial charge in [0.2, 0.25) is 0 Å². The van der Waals surface area contributed by atoms with Gasteiger partial charge in [0.25, 0.3) is 5.24 Å². The molecule has 13 heteroatoms. The minimum absolute atomic E-state index is 0.0641. The lowest BCUT2D eigenvalue weighted by atomic mass is 9.99. The summed E-state index contributed by atoms with van der Waals surface area (Å²) in [5.41, 5.74) is -0.619. The van der Waals surface area contributed by atoms with Crippen molar-refractivity contribution < 1.29 is 27.6 Å². The Morgan fingerprint density at radius 2 is 1.14 bits per heavy atom. The van der Waals surface area contributed by atoms with Crippen LogP contribution in [0.3, 0.4) is 0 Å². The summed E-state index contributed by atoms with van der Waals surface area (Å²) in [6.45, 7) is 46.4. The summed E-state index contributed by atoms with van der Waals surface area (Å²) >= 11 is 1.23. The van der Waals surface area contributed by atoms with Crippen molar-refractivity contribution in [3.8, 4) is 0 Å². The first-order valence-corrected chi connectivity index (χ1v) is 26.6. The summed E-state index contributed by atoms with van der Waals surface area (Å²) in [6.07, 6.45) is 0.186. The van der Waals surface area contributed by atoms with Gasteiger partial charge < -0.3 is 28.2 Å². The Hall–Kier alpha value is 0.404. The van der Waals surface area contributed by atoms with Crippen LogP contribution in [0, 0.1) is 0 Å². The minimum atomic E-state index is -2.05. The predicted molar refractivity (Wildman–Crippen MR) is 219 cm³/mol. The van der Waals surface area contributed by atoms with E-state index in [1.807, 2.05) is 6.92 Å². The molecule has 0 fully saturated rings. The maximum Gasteiger partial charge on any atom is 0.279 e. The molecule has 0 saturated heterocycles. The lowest BCUT2D eigenvalue weighted by Gasteiger charge is -2.45. The number of carbonyl (C=O) groups excluding carboxylic acids is 1. The first-order valence-electron chi connectivity index (χ1n) is 18.6. The number of carbonyl (C=O) groups is 1. The van der Waals surface area contributed by atoms with Gasteiger partial charge in [0.05, 0.1) is 25.4 Å². The SMILES string of the molecule is CCOC(COP(N(C(C)C)C(C)C)N(C(C)C)C(C)C)OCCSC(=O)NC(CC)(CO[Si](C)(C)C(C)(C)C)CO[Si](C)(C)C(C)(C)C. The zero-order valence-electron chi connectivity index (χ0n) is 35.5. The number of rotatable bonds is 23. The van der Waals surface area contributed by atoms with Crippen LogP contribution in [0.25, 0.3) is 0 Å². The highest BCUT2D eigenvalue weighted by atomic mass is 32.2. The minimum Gasteiger partial charge on any atom is -0.414 e. The van der Waals surface area contributed by atoms with Crippen LogP contribution in [0.1, 0.15) is 117 Å². The number of hydrogen-bond acceptors (Lipinski definition) is 9. The molecule has 0 saturated carbocycles.